The van der Waals surface area contributed by atoms with Crippen LogP contribution in [0.5, 0.6) is 0 Å². The van der Waals surface area contributed by atoms with Gasteiger partial charge in [-0.15, -0.1) is 0 Å². The number of amides is 1. The van der Waals surface area contributed by atoms with Crippen molar-refractivity contribution in [3.05, 3.63) is 22.8 Å². The zero-order valence-electron chi connectivity index (χ0n) is 9.62. The minimum atomic E-state index is -0.464. The van der Waals surface area contributed by atoms with Gasteiger partial charge in [0.2, 0.25) is 5.91 Å². The number of likely N-dealkylation sites (N-methyl/N-ethyl adjacent to an activating group) is 1. The highest BCUT2D eigenvalue weighted by Gasteiger charge is 2.15. The Bertz CT molecular complexity index is 455. The predicted molar refractivity (Wildman–Crippen MR) is 65.7 cm³/mol. The molecule has 0 fully saturated rings. The second-order valence-corrected chi connectivity index (χ2v) is 3.77. The maximum absolute atomic E-state index is 11.5. The van der Waals surface area contributed by atoms with Crippen molar-refractivity contribution in [1.82, 2.24) is 10.3 Å². The Morgan fingerprint density at radius 2 is 2.41 bits per heavy atom. The van der Waals surface area contributed by atoms with Gasteiger partial charge in [0.15, 0.2) is 0 Å². The van der Waals surface area contributed by atoms with Gasteiger partial charge in [-0.3, -0.25) is 4.79 Å². The number of nitriles is 1. The van der Waals surface area contributed by atoms with E-state index >= 15 is 0 Å². The van der Waals surface area contributed by atoms with E-state index in [0.717, 1.165) is 0 Å². The number of nitrogens with zero attached hydrogens (tertiary/aromatic N) is 2. The minimum absolute atomic E-state index is 0.146. The smallest absolute Gasteiger partial charge is 0.242 e. The summed E-state index contributed by atoms with van der Waals surface area (Å²) in [5.74, 6) is 0.192. The van der Waals surface area contributed by atoms with E-state index in [1.54, 1.807) is 6.92 Å². The van der Waals surface area contributed by atoms with Crippen molar-refractivity contribution in [1.29, 1.82) is 5.26 Å². The molecule has 1 rings (SSSR count). The van der Waals surface area contributed by atoms with Gasteiger partial charge in [0.05, 0.1) is 5.56 Å². The van der Waals surface area contributed by atoms with Gasteiger partial charge in [-0.05, 0) is 19.9 Å². The summed E-state index contributed by atoms with van der Waals surface area (Å²) in [5.41, 5.74) is 0.326. The molecule has 17 heavy (non-hydrogen) atoms. The molecule has 0 bridgehead atoms. The van der Waals surface area contributed by atoms with Gasteiger partial charge in [-0.25, -0.2) is 4.98 Å². The summed E-state index contributed by atoms with van der Waals surface area (Å²) < 4.78 is 0. The molecule has 1 aromatic rings. The van der Waals surface area contributed by atoms with Gasteiger partial charge in [0.1, 0.15) is 23.0 Å². The number of halogens is 1. The zero-order valence-corrected chi connectivity index (χ0v) is 10.4. The van der Waals surface area contributed by atoms with E-state index in [-0.39, 0.29) is 10.9 Å². The van der Waals surface area contributed by atoms with Crippen LogP contribution in [0.4, 0.5) is 5.82 Å². The summed E-state index contributed by atoms with van der Waals surface area (Å²) in [5, 5.41) is 14.6. The molecule has 1 heterocycles. The van der Waals surface area contributed by atoms with Crippen molar-refractivity contribution >= 4 is 23.3 Å². The summed E-state index contributed by atoms with van der Waals surface area (Å²) >= 11 is 5.96. The number of carbonyl (C=O) groups excluding carboxylic acids is 1. The van der Waals surface area contributed by atoms with Crippen LogP contribution < -0.4 is 10.6 Å². The molecule has 5 nitrogen and oxygen atoms in total. The molecule has 90 valence electrons. The molecule has 0 spiro atoms. The zero-order chi connectivity index (χ0) is 12.8. The maximum atomic E-state index is 11.5. The van der Waals surface area contributed by atoms with Crippen LogP contribution in [0.25, 0.3) is 0 Å². The Balaban J connectivity index is 2.82. The Labute approximate surface area is 105 Å². The molecule has 0 aliphatic carbocycles. The maximum Gasteiger partial charge on any atom is 0.242 e. The number of carbonyl (C=O) groups is 1. The summed E-state index contributed by atoms with van der Waals surface area (Å²) in [6.07, 6.45) is 1.47. The summed E-state index contributed by atoms with van der Waals surface area (Å²) in [7, 11) is 0. The normalized spacial score (nSPS) is 11.4. The number of hydrogen-bond donors (Lipinski definition) is 2. The number of nitrogens with one attached hydrogen (secondary N) is 2. The predicted octanol–water partition coefficient (Wildman–Crippen LogP) is 1.54. The molecule has 0 saturated heterocycles. The SMILES string of the molecule is CCNC(=O)C(C)Nc1nccc(C#N)c1Cl. The number of rotatable bonds is 4. The van der Waals surface area contributed by atoms with E-state index in [1.165, 1.54) is 12.3 Å². The lowest BCUT2D eigenvalue weighted by Gasteiger charge is -2.14. The van der Waals surface area contributed by atoms with Crippen LogP contribution in [0.15, 0.2) is 12.3 Å². The molecule has 1 amide bonds. The fraction of sp³-hybridized carbons (Fsp3) is 0.364. The van der Waals surface area contributed by atoms with Crippen LogP contribution >= 0.6 is 11.6 Å². The van der Waals surface area contributed by atoms with Gasteiger partial charge in [-0.1, -0.05) is 11.6 Å². The lowest BCUT2D eigenvalue weighted by atomic mass is 10.2. The lowest BCUT2D eigenvalue weighted by Crippen LogP contribution is -2.37. The van der Waals surface area contributed by atoms with Crippen LogP contribution in [-0.2, 0) is 4.79 Å². The van der Waals surface area contributed by atoms with Crippen LogP contribution in [0.1, 0.15) is 19.4 Å². The van der Waals surface area contributed by atoms with Crippen LogP contribution in [0.3, 0.4) is 0 Å². The number of anilines is 1. The second-order valence-electron chi connectivity index (χ2n) is 3.39. The first-order valence-corrected chi connectivity index (χ1v) is 5.56. The number of hydrogen-bond acceptors (Lipinski definition) is 4. The molecule has 0 aliphatic rings. The molecule has 0 saturated carbocycles. The van der Waals surface area contributed by atoms with E-state index in [4.69, 9.17) is 16.9 Å². The first-order valence-electron chi connectivity index (χ1n) is 5.19. The molecule has 0 aliphatic heterocycles. The summed E-state index contributed by atoms with van der Waals surface area (Å²) in [6, 6.07) is 3.00. The van der Waals surface area contributed by atoms with E-state index < -0.39 is 6.04 Å². The topological polar surface area (TPSA) is 77.8 Å². The molecule has 6 heteroatoms. The van der Waals surface area contributed by atoms with Crippen molar-refractivity contribution in [3.8, 4) is 6.07 Å². The number of aromatic nitrogens is 1. The highest BCUT2D eigenvalue weighted by molar-refractivity contribution is 6.34. The summed E-state index contributed by atoms with van der Waals surface area (Å²) in [6.45, 7) is 4.10. The van der Waals surface area contributed by atoms with Gasteiger partial charge in [-0.2, -0.15) is 5.26 Å². The average molecular weight is 253 g/mol. The quantitative estimate of drug-likeness (QED) is 0.852. The first kappa shape index (κ1) is 13.3. The Morgan fingerprint density at radius 1 is 1.71 bits per heavy atom. The largest absolute Gasteiger partial charge is 0.357 e. The van der Waals surface area contributed by atoms with Crippen molar-refractivity contribution in [2.45, 2.75) is 19.9 Å². The minimum Gasteiger partial charge on any atom is -0.357 e. The molecule has 0 aromatic carbocycles. The van der Waals surface area contributed by atoms with Crippen LogP contribution in [-0.4, -0.2) is 23.5 Å². The molecular weight excluding hydrogens is 240 g/mol. The van der Waals surface area contributed by atoms with E-state index in [0.29, 0.717) is 17.9 Å². The van der Waals surface area contributed by atoms with Crippen molar-refractivity contribution < 1.29 is 4.79 Å². The standard InChI is InChI=1S/C11H13ClN4O/c1-3-14-11(17)7(2)16-10-9(12)8(6-13)4-5-15-10/h4-5,7H,3H2,1-2H3,(H,14,17)(H,15,16). The number of pyridine rings is 1. The molecule has 0 radical (unpaired) electrons. The summed E-state index contributed by atoms with van der Waals surface area (Å²) in [4.78, 5) is 15.5. The van der Waals surface area contributed by atoms with E-state index in [9.17, 15) is 4.79 Å². The molecule has 2 N–H and O–H groups in total. The van der Waals surface area contributed by atoms with Gasteiger partial charge < -0.3 is 10.6 Å². The molecule has 1 atom stereocenters. The van der Waals surface area contributed by atoms with Gasteiger partial charge in [0.25, 0.3) is 0 Å². The van der Waals surface area contributed by atoms with E-state index in [2.05, 4.69) is 15.6 Å². The third-order valence-electron chi connectivity index (χ3n) is 2.11. The van der Waals surface area contributed by atoms with Gasteiger partial charge in [0, 0.05) is 12.7 Å². The highest BCUT2D eigenvalue weighted by Crippen LogP contribution is 2.23. The van der Waals surface area contributed by atoms with E-state index in [1.807, 2.05) is 13.0 Å². The Hall–Kier alpha value is -1.80. The second kappa shape index (κ2) is 6.06. The highest BCUT2D eigenvalue weighted by atomic mass is 35.5. The van der Waals surface area contributed by atoms with Crippen molar-refractivity contribution in [2.75, 3.05) is 11.9 Å². The fourth-order valence-corrected chi connectivity index (χ4v) is 1.44. The Kier molecular flexibility index (Phi) is 4.73. The van der Waals surface area contributed by atoms with Crippen molar-refractivity contribution in [3.63, 3.8) is 0 Å². The van der Waals surface area contributed by atoms with Crippen LogP contribution in [0.2, 0.25) is 5.02 Å². The van der Waals surface area contributed by atoms with Gasteiger partial charge >= 0.3 is 0 Å². The molecular formula is C11H13ClN4O. The first-order chi connectivity index (χ1) is 8.10. The van der Waals surface area contributed by atoms with Crippen LogP contribution in [0, 0.1) is 11.3 Å². The molecule has 1 unspecified atom stereocenters. The molecule has 1 aromatic heterocycles. The fourth-order valence-electron chi connectivity index (χ4n) is 1.23. The third kappa shape index (κ3) is 3.33. The lowest BCUT2D eigenvalue weighted by molar-refractivity contribution is -0.121. The average Bonchev–Trinajstić information content (AvgIpc) is 2.32. The van der Waals surface area contributed by atoms with Crippen molar-refractivity contribution in [2.24, 2.45) is 0 Å². The third-order valence-corrected chi connectivity index (χ3v) is 2.49. The monoisotopic (exact) mass is 252 g/mol. The Morgan fingerprint density at radius 3 is 3.00 bits per heavy atom.